The van der Waals surface area contributed by atoms with Crippen molar-refractivity contribution in [3.8, 4) is 11.5 Å². The van der Waals surface area contributed by atoms with Crippen molar-refractivity contribution in [3.63, 3.8) is 0 Å². The van der Waals surface area contributed by atoms with Crippen molar-refractivity contribution in [1.29, 1.82) is 0 Å². The Hall–Kier alpha value is -2.47. The van der Waals surface area contributed by atoms with Gasteiger partial charge in [-0.1, -0.05) is 24.9 Å². The third-order valence-corrected chi connectivity index (χ3v) is 4.90. The number of rotatable bonds is 9. The van der Waals surface area contributed by atoms with Crippen molar-refractivity contribution >= 4 is 23.6 Å². The smallest absolute Gasteiger partial charge is 0.244 e. The predicted octanol–water partition coefficient (Wildman–Crippen LogP) is 4.55. The molecule has 1 N–H and O–H groups in total. The maximum atomic E-state index is 12.4. The van der Waals surface area contributed by atoms with Gasteiger partial charge < -0.3 is 14.8 Å². The van der Waals surface area contributed by atoms with E-state index >= 15 is 0 Å². The molecule has 1 aromatic heterocycles. The Morgan fingerprint density at radius 1 is 1.36 bits per heavy atom. The number of unbranched alkanes of at least 4 members (excludes halogenated alkanes) is 1. The minimum absolute atomic E-state index is 0.228. The zero-order valence-corrected chi connectivity index (χ0v) is 17.8. The predicted molar refractivity (Wildman–Crippen MR) is 112 cm³/mol. The average molecular weight is 406 g/mol. The maximum Gasteiger partial charge on any atom is 0.244 e. The van der Waals surface area contributed by atoms with Crippen molar-refractivity contribution in [1.82, 2.24) is 15.1 Å². The fourth-order valence-electron chi connectivity index (χ4n) is 2.89. The van der Waals surface area contributed by atoms with E-state index < -0.39 is 0 Å². The molecule has 0 radical (unpaired) electrons. The number of ether oxygens (including phenoxy) is 2. The Kier molecular flexibility index (Phi) is 7.93. The lowest BCUT2D eigenvalue weighted by Crippen LogP contribution is -2.25. The number of halogens is 1. The van der Waals surface area contributed by atoms with Crippen LogP contribution in [0.4, 0.5) is 0 Å². The standard InChI is InChI=1S/C21H28ClN3O3/c1-6-7-12-25-21(22)17(15(3)24-25)9-11-20(26)23-14(2)18-13-16(27-4)8-10-19(18)28-5/h8-11,13-14H,6-7,12H2,1-5H3,(H,23,26)/b11-9+/t14-/m1/s1. The Morgan fingerprint density at radius 3 is 2.75 bits per heavy atom. The number of nitrogens with one attached hydrogen (secondary N) is 1. The highest BCUT2D eigenvalue weighted by molar-refractivity contribution is 6.31. The molecule has 0 aliphatic carbocycles. The van der Waals surface area contributed by atoms with E-state index in [-0.39, 0.29) is 11.9 Å². The van der Waals surface area contributed by atoms with E-state index in [9.17, 15) is 4.79 Å². The largest absolute Gasteiger partial charge is 0.497 e. The van der Waals surface area contributed by atoms with Crippen LogP contribution < -0.4 is 14.8 Å². The molecule has 0 spiro atoms. The van der Waals surface area contributed by atoms with Crippen LogP contribution in [0.2, 0.25) is 5.15 Å². The van der Waals surface area contributed by atoms with Crippen LogP contribution in [0.15, 0.2) is 24.3 Å². The molecule has 2 aromatic rings. The normalized spacial score (nSPS) is 12.2. The van der Waals surface area contributed by atoms with E-state index in [0.717, 1.165) is 36.2 Å². The summed E-state index contributed by atoms with van der Waals surface area (Å²) < 4.78 is 12.4. The van der Waals surface area contributed by atoms with Crippen LogP contribution in [0.25, 0.3) is 6.08 Å². The average Bonchev–Trinajstić information content (AvgIpc) is 2.96. The summed E-state index contributed by atoms with van der Waals surface area (Å²) in [5, 5.41) is 7.94. The Labute approximate surface area is 171 Å². The molecule has 0 saturated heterocycles. The van der Waals surface area contributed by atoms with Crippen LogP contribution in [0.5, 0.6) is 11.5 Å². The molecule has 6 nitrogen and oxygen atoms in total. The SMILES string of the molecule is CCCCn1nc(C)c(/C=C/C(=O)N[C@H](C)c2cc(OC)ccc2OC)c1Cl. The molecule has 0 unspecified atom stereocenters. The van der Waals surface area contributed by atoms with E-state index in [1.807, 2.05) is 32.0 Å². The fourth-order valence-corrected chi connectivity index (χ4v) is 3.21. The molecule has 0 aliphatic heterocycles. The lowest BCUT2D eigenvalue weighted by Gasteiger charge is -2.17. The molecule has 0 saturated carbocycles. The molecule has 2 rings (SSSR count). The molecular formula is C21H28ClN3O3. The molecule has 1 amide bonds. The number of carbonyl (C=O) groups is 1. The van der Waals surface area contributed by atoms with Gasteiger partial charge in [0.1, 0.15) is 16.7 Å². The van der Waals surface area contributed by atoms with Crippen LogP contribution in [-0.2, 0) is 11.3 Å². The van der Waals surface area contributed by atoms with Crippen molar-refractivity contribution in [2.45, 2.75) is 46.2 Å². The summed E-state index contributed by atoms with van der Waals surface area (Å²) in [6, 6.07) is 5.23. The third-order valence-electron chi connectivity index (χ3n) is 4.50. The Bertz CT molecular complexity index is 846. The number of aryl methyl sites for hydroxylation is 2. The first kappa shape index (κ1) is 21.8. The van der Waals surface area contributed by atoms with Gasteiger partial charge in [-0.15, -0.1) is 0 Å². The second-order valence-electron chi connectivity index (χ2n) is 6.54. The third kappa shape index (κ3) is 5.29. The van der Waals surface area contributed by atoms with E-state index in [1.54, 1.807) is 25.0 Å². The van der Waals surface area contributed by atoms with Gasteiger partial charge in [-0.2, -0.15) is 5.10 Å². The lowest BCUT2D eigenvalue weighted by molar-refractivity contribution is -0.117. The fraction of sp³-hybridized carbons (Fsp3) is 0.429. The number of aromatic nitrogens is 2. The summed E-state index contributed by atoms with van der Waals surface area (Å²) in [5.41, 5.74) is 2.40. The first-order chi connectivity index (χ1) is 13.4. The topological polar surface area (TPSA) is 65.4 Å². The first-order valence-corrected chi connectivity index (χ1v) is 9.72. The van der Waals surface area contributed by atoms with Crippen molar-refractivity contribution in [3.05, 3.63) is 46.2 Å². The number of amides is 1. The summed E-state index contributed by atoms with van der Waals surface area (Å²) in [5.74, 6) is 1.16. The lowest BCUT2D eigenvalue weighted by atomic mass is 10.1. The molecule has 1 heterocycles. The number of hydrogen-bond acceptors (Lipinski definition) is 4. The monoisotopic (exact) mass is 405 g/mol. The molecule has 1 atom stereocenters. The van der Waals surface area contributed by atoms with Gasteiger partial charge in [0.15, 0.2) is 0 Å². The number of carbonyl (C=O) groups excluding carboxylic acids is 1. The van der Waals surface area contributed by atoms with Gasteiger partial charge in [0, 0.05) is 23.7 Å². The Balaban J connectivity index is 2.11. The van der Waals surface area contributed by atoms with E-state index in [0.29, 0.717) is 16.7 Å². The summed E-state index contributed by atoms with van der Waals surface area (Å²) in [7, 11) is 3.20. The molecule has 0 aliphatic rings. The summed E-state index contributed by atoms with van der Waals surface area (Å²) >= 11 is 6.41. The number of hydrogen-bond donors (Lipinski definition) is 1. The van der Waals surface area contributed by atoms with E-state index in [2.05, 4.69) is 17.3 Å². The summed E-state index contributed by atoms with van der Waals surface area (Å²) in [4.78, 5) is 12.4. The quantitative estimate of drug-likeness (QED) is 0.621. The number of nitrogens with zero attached hydrogens (tertiary/aromatic N) is 2. The molecule has 7 heteroatoms. The zero-order chi connectivity index (χ0) is 20.7. The van der Waals surface area contributed by atoms with Gasteiger partial charge in [-0.05, 0) is 44.5 Å². The van der Waals surface area contributed by atoms with E-state index in [4.69, 9.17) is 21.1 Å². The van der Waals surface area contributed by atoms with Crippen LogP contribution >= 0.6 is 11.6 Å². The van der Waals surface area contributed by atoms with Gasteiger partial charge >= 0.3 is 0 Å². The highest BCUT2D eigenvalue weighted by Gasteiger charge is 2.15. The highest BCUT2D eigenvalue weighted by Crippen LogP contribution is 2.29. The van der Waals surface area contributed by atoms with Gasteiger partial charge in [0.05, 0.1) is 26.0 Å². The van der Waals surface area contributed by atoms with E-state index in [1.165, 1.54) is 6.08 Å². The van der Waals surface area contributed by atoms with Gasteiger partial charge in [-0.3, -0.25) is 9.48 Å². The number of benzene rings is 1. The van der Waals surface area contributed by atoms with Gasteiger partial charge in [0.25, 0.3) is 0 Å². The molecular weight excluding hydrogens is 378 g/mol. The van der Waals surface area contributed by atoms with Crippen molar-refractivity contribution < 1.29 is 14.3 Å². The van der Waals surface area contributed by atoms with Crippen molar-refractivity contribution in [2.24, 2.45) is 0 Å². The number of methoxy groups -OCH3 is 2. The second kappa shape index (κ2) is 10.2. The van der Waals surface area contributed by atoms with Crippen LogP contribution in [0, 0.1) is 6.92 Å². The van der Waals surface area contributed by atoms with Gasteiger partial charge in [0.2, 0.25) is 5.91 Å². The van der Waals surface area contributed by atoms with Crippen LogP contribution in [0.3, 0.4) is 0 Å². The first-order valence-electron chi connectivity index (χ1n) is 9.34. The Morgan fingerprint density at radius 2 is 2.11 bits per heavy atom. The highest BCUT2D eigenvalue weighted by atomic mass is 35.5. The zero-order valence-electron chi connectivity index (χ0n) is 17.1. The maximum absolute atomic E-state index is 12.4. The molecule has 28 heavy (non-hydrogen) atoms. The summed E-state index contributed by atoms with van der Waals surface area (Å²) in [6.07, 6.45) is 5.25. The van der Waals surface area contributed by atoms with Crippen LogP contribution in [-0.4, -0.2) is 29.9 Å². The molecule has 0 bridgehead atoms. The molecule has 152 valence electrons. The van der Waals surface area contributed by atoms with Crippen molar-refractivity contribution in [2.75, 3.05) is 14.2 Å². The van der Waals surface area contributed by atoms with Crippen LogP contribution in [0.1, 0.15) is 49.6 Å². The second-order valence-corrected chi connectivity index (χ2v) is 6.90. The summed E-state index contributed by atoms with van der Waals surface area (Å²) in [6.45, 7) is 6.66. The minimum Gasteiger partial charge on any atom is -0.497 e. The molecule has 1 aromatic carbocycles. The van der Waals surface area contributed by atoms with Gasteiger partial charge in [-0.25, -0.2) is 0 Å². The minimum atomic E-state index is -0.258. The molecule has 0 fully saturated rings.